The second-order valence-electron chi connectivity index (χ2n) is 11.9. The molecule has 1 aliphatic rings. The highest BCUT2D eigenvalue weighted by Crippen LogP contribution is 2.43. The number of aromatic nitrogens is 6. The molecular weight excluding hydrogens is 664 g/mol. The summed E-state index contributed by atoms with van der Waals surface area (Å²) in [5.74, 6) is 2.63. The molecule has 248 valence electrons. The molecule has 0 unspecified atom stereocenters. The zero-order valence-corrected chi connectivity index (χ0v) is 30.1. The first kappa shape index (κ1) is 32.6. The number of fused-ring (bicyclic) bond motifs is 8. The Morgan fingerprint density at radius 3 is 2.75 bits per heavy atom. The third kappa shape index (κ3) is 5.86. The van der Waals surface area contributed by atoms with Gasteiger partial charge in [-0.1, -0.05) is 23.7 Å². The lowest BCUT2D eigenvalue weighted by molar-refractivity contribution is 0.0589. The van der Waals surface area contributed by atoms with Crippen LogP contribution in [0.5, 0.6) is 5.75 Å². The number of benzene rings is 2. The van der Waals surface area contributed by atoms with Gasteiger partial charge in [0, 0.05) is 76.6 Å². The lowest BCUT2D eigenvalue weighted by Crippen LogP contribution is -2.11. The molecule has 2 aromatic carbocycles. The number of hydrogen-bond donors (Lipinski definition) is 0. The summed E-state index contributed by atoms with van der Waals surface area (Å²) in [6, 6.07) is 14.4. The molecule has 4 aromatic heterocycles. The van der Waals surface area contributed by atoms with Gasteiger partial charge in [-0.25, -0.2) is 4.79 Å². The molecule has 7 rings (SSSR count). The number of carbonyl (C=O) groups is 1. The Hall–Kier alpha value is -3.93. The van der Waals surface area contributed by atoms with Gasteiger partial charge in [0.2, 0.25) is 0 Å². The number of nitrogens with zero attached hydrogens (tertiary/aromatic N) is 6. The summed E-state index contributed by atoms with van der Waals surface area (Å²) in [5.41, 5.74) is 9.24. The minimum atomic E-state index is -0.382. The van der Waals surface area contributed by atoms with Gasteiger partial charge in [0.1, 0.15) is 17.0 Å². The predicted octanol–water partition coefficient (Wildman–Crippen LogP) is 8.14. The molecule has 48 heavy (non-hydrogen) atoms. The second kappa shape index (κ2) is 13.5. The molecule has 1 aliphatic heterocycles. The van der Waals surface area contributed by atoms with Crippen LogP contribution < -0.4 is 4.74 Å². The Bertz CT molecular complexity index is 2190. The van der Waals surface area contributed by atoms with Crippen LogP contribution in [-0.4, -0.2) is 48.8 Å². The number of esters is 1. The molecule has 5 heterocycles. The van der Waals surface area contributed by atoms with Crippen LogP contribution in [0.3, 0.4) is 0 Å². The van der Waals surface area contributed by atoms with E-state index < -0.39 is 0 Å². The normalized spacial score (nSPS) is 14.1. The van der Waals surface area contributed by atoms with Gasteiger partial charge in [0.25, 0.3) is 0 Å². The highest BCUT2D eigenvalue weighted by Gasteiger charge is 2.28. The number of halogens is 1. The number of hydrogen-bond acceptors (Lipinski definition) is 8. The van der Waals surface area contributed by atoms with Crippen LogP contribution in [-0.2, 0) is 49.1 Å². The summed E-state index contributed by atoms with van der Waals surface area (Å²) in [4.78, 5) is 19.1. The summed E-state index contributed by atoms with van der Waals surface area (Å²) in [5, 5.41) is 12.4. The third-order valence-corrected chi connectivity index (χ3v) is 11.2. The van der Waals surface area contributed by atoms with Gasteiger partial charge >= 0.3 is 5.97 Å². The van der Waals surface area contributed by atoms with E-state index >= 15 is 0 Å². The van der Waals surface area contributed by atoms with Crippen LogP contribution in [0.2, 0.25) is 5.02 Å². The molecule has 0 atom stereocenters. The van der Waals surface area contributed by atoms with Crippen LogP contribution in [0, 0.1) is 6.92 Å². The maximum Gasteiger partial charge on any atom is 0.354 e. The van der Waals surface area contributed by atoms with Gasteiger partial charge in [-0.2, -0.15) is 10.2 Å². The molecule has 0 saturated heterocycles. The first-order valence-electron chi connectivity index (χ1n) is 16.0. The average molecular weight is 701 g/mol. The lowest BCUT2D eigenvalue weighted by Gasteiger charge is -2.13. The van der Waals surface area contributed by atoms with Crippen LogP contribution in [0.4, 0.5) is 0 Å². The van der Waals surface area contributed by atoms with Crippen molar-refractivity contribution in [2.75, 3.05) is 13.7 Å². The van der Waals surface area contributed by atoms with E-state index in [2.05, 4.69) is 40.9 Å². The van der Waals surface area contributed by atoms with Gasteiger partial charge in [0.05, 0.1) is 41.3 Å². The van der Waals surface area contributed by atoms with Crippen molar-refractivity contribution in [2.45, 2.75) is 55.4 Å². The van der Waals surface area contributed by atoms with Crippen LogP contribution in [0.1, 0.15) is 52.2 Å². The van der Waals surface area contributed by atoms with E-state index in [1.807, 2.05) is 60.2 Å². The van der Waals surface area contributed by atoms with E-state index in [9.17, 15) is 4.79 Å². The molecule has 0 saturated carbocycles. The van der Waals surface area contributed by atoms with Gasteiger partial charge < -0.3 is 14.0 Å². The zero-order chi connectivity index (χ0) is 33.5. The van der Waals surface area contributed by atoms with Gasteiger partial charge in [-0.3, -0.25) is 14.3 Å². The van der Waals surface area contributed by atoms with E-state index in [0.29, 0.717) is 30.2 Å². The average Bonchev–Trinajstić information content (AvgIpc) is 3.70. The number of ether oxygens (including phenoxy) is 2. The zero-order valence-electron chi connectivity index (χ0n) is 27.7. The molecule has 9 nitrogen and oxygen atoms in total. The SMILES string of the molecule is CCn1nc(C)c2c1CSCc1cc(n(C)n1)CSc1cc(c3ncccc3c1)OCCCc1c(C(=O)OC)n(C)c3c-2c(Cl)ccc13. The van der Waals surface area contributed by atoms with Gasteiger partial charge in [0.15, 0.2) is 0 Å². The fourth-order valence-corrected chi connectivity index (χ4v) is 8.93. The lowest BCUT2D eigenvalue weighted by atomic mass is 9.98. The minimum absolute atomic E-state index is 0.382. The summed E-state index contributed by atoms with van der Waals surface area (Å²) in [6.07, 6.45) is 3.09. The molecule has 0 N–H and O–H groups in total. The summed E-state index contributed by atoms with van der Waals surface area (Å²) >= 11 is 10.6. The number of aryl methyl sites for hydroxylation is 5. The first-order valence-corrected chi connectivity index (χ1v) is 18.5. The van der Waals surface area contributed by atoms with Crippen molar-refractivity contribution in [2.24, 2.45) is 14.1 Å². The van der Waals surface area contributed by atoms with Gasteiger partial charge in [-0.15, -0.1) is 23.5 Å². The Labute approximate surface area is 292 Å². The molecule has 8 bridgehead atoms. The summed E-state index contributed by atoms with van der Waals surface area (Å²) in [7, 11) is 5.35. The molecule has 0 aliphatic carbocycles. The standard InChI is InChI=1S/C36H37ClN6O3S2/c1-6-43-29-20-47-18-23-16-24(42(4)40-23)19-48-25-15-22-9-7-13-38-33(22)30(17-25)46-14-8-10-26-27-11-12-28(37)32(31(29)21(2)39-43)34(27)41(3)35(26)36(44)45-5/h7,9,11-13,15-17H,6,8,10,14,18-20H2,1-5H3. The maximum absolute atomic E-state index is 13.4. The van der Waals surface area contributed by atoms with E-state index in [4.69, 9.17) is 31.3 Å². The number of rotatable bonds is 2. The van der Waals surface area contributed by atoms with Crippen molar-refractivity contribution in [1.82, 2.24) is 29.1 Å². The predicted molar refractivity (Wildman–Crippen MR) is 194 cm³/mol. The Balaban J connectivity index is 1.38. The van der Waals surface area contributed by atoms with Crippen molar-refractivity contribution in [1.29, 1.82) is 0 Å². The van der Waals surface area contributed by atoms with Crippen molar-refractivity contribution in [3.8, 4) is 16.9 Å². The van der Waals surface area contributed by atoms with E-state index in [-0.39, 0.29) is 5.97 Å². The Morgan fingerprint density at radius 1 is 1.08 bits per heavy atom. The van der Waals surface area contributed by atoms with Crippen molar-refractivity contribution in [3.05, 3.63) is 87.7 Å². The molecule has 12 heteroatoms. The minimum Gasteiger partial charge on any atom is -0.491 e. The molecule has 6 aromatic rings. The number of carbonyl (C=O) groups excluding carboxylic acids is 1. The molecule has 0 spiro atoms. The summed E-state index contributed by atoms with van der Waals surface area (Å²) in [6.45, 7) is 5.32. The van der Waals surface area contributed by atoms with Crippen molar-refractivity contribution in [3.63, 3.8) is 0 Å². The fraction of sp³-hybridized carbons (Fsp3) is 0.333. The third-order valence-electron chi connectivity index (χ3n) is 8.94. The van der Waals surface area contributed by atoms with E-state index in [1.54, 1.807) is 18.0 Å². The smallest absolute Gasteiger partial charge is 0.354 e. The highest BCUT2D eigenvalue weighted by molar-refractivity contribution is 7.98. The molecule has 0 amide bonds. The quantitative estimate of drug-likeness (QED) is 0.167. The number of methoxy groups -OCH3 is 1. The van der Waals surface area contributed by atoms with Crippen molar-refractivity contribution >= 4 is 62.9 Å². The van der Waals surface area contributed by atoms with Crippen LogP contribution in [0.15, 0.2) is 53.6 Å². The van der Waals surface area contributed by atoms with Crippen LogP contribution >= 0.6 is 35.1 Å². The highest BCUT2D eigenvalue weighted by atomic mass is 35.5. The van der Waals surface area contributed by atoms with Gasteiger partial charge in [-0.05, 0) is 62.6 Å². The Kier molecular flexibility index (Phi) is 9.19. The monoisotopic (exact) mass is 700 g/mol. The molecule has 0 fully saturated rings. The second-order valence-corrected chi connectivity index (χ2v) is 14.3. The Morgan fingerprint density at radius 2 is 1.94 bits per heavy atom. The maximum atomic E-state index is 13.4. The van der Waals surface area contributed by atoms with Crippen LogP contribution in [0.25, 0.3) is 32.9 Å². The number of thioether (sulfide) groups is 2. The van der Waals surface area contributed by atoms with Crippen molar-refractivity contribution < 1.29 is 14.3 Å². The molecular formula is C36H37ClN6O3S2. The van der Waals surface area contributed by atoms with E-state index in [1.165, 1.54) is 7.11 Å². The molecule has 0 radical (unpaired) electrons. The fourth-order valence-electron chi connectivity index (χ4n) is 6.75. The first-order chi connectivity index (χ1) is 23.3. The summed E-state index contributed by atoms with van der Waals surface area (Å²) < 4.78 is 17.8. The topological polar surface area (TPSA) is 89.0 Å². The largest absolute Gasteiger partial charge is 0.491 e. The number of pyridine rings is 1. The van der Waals surface area contributed by atoms with E-state index in [0.717, 1.165) is 95.7 Å².